The van der Waals surface area contributed by atoms with Gasteiger partial charge in [0, 0.05) is 21.5 Å². The summed E-state index contributed by atoms with van der Waals surface area (Å²) in [5.41, 5.74) is 6.55. The van der Waals surface area contributed by atoms with Crippen molar-refractivity contribution in [1.82, 2.24) is 9.13 Å². The minimum absolute atomic E-state index is 0.131. The number of hydrogen-bond acceptors (Lipinski definition) is 0. The van der Waals surface area contributed by atoms with Gasteiger partial charge in [0.2, 0.25) is 0 Å². The fourth-order valence-electron chi connectivity index (χ4n) is 8.74. The van der Waals surface area contributed by atoms with Crippen LogP contribution < -0.4 is 0 Å². The monoisotopic (exact) mass is 800 g/mol. The Balaban J connectivity index is 1.23. The van der Waals surface area contributed by atoms with Crippen molar-refractivity contribution in [2.75, 3.05) is 0 Å². The molecule has 0 amide bonds. The lowest BCUT2D eigenvalue weighted by Crippen LogP contribution is -2.12. The van der Waals surface area contributed by atoms with E-state index in [4.69, 9.17) is 0 Å². The van der Waals surface area contributed by atoms with Crippen LogP contribution in [0.5, 0.6) is 0 Å². The third kappa shape index (κ3) is 6.22. The lowest BCUT2D eigenvalue weighted by atomic mass is 9.98. The van der Waals surface area contributed by atoms with Crippen LogP contribution in [0.2, 0.25) is 0 Å². The van der Waals surface area contributed by atoms with Crippen LogP contribution in [-0.2, 0) is 12.4 Å². The Morgan fingerprint density at radius 2 is 0.667 bits per heavy atom. The van der Waals surface area contributed by atoms with Crippen LogP contribution in [-0.4, -0.2) is 9.13 Å². The predicted molar refractivity (Wildman–Crippen MR) is 231 cm³/mol. The number of aromatic nitrogens is 2. The first-order valence-electron chi connectivity index (χ1n) is 19.5. The normalized spacial score (nSPS) is 12.3. The van der Waals surface area contributed by atoms with Crippen LogP contribution in [0.3, 0.4) is 0 Å². The van der Waals surface area contributed by atoms with E-state index in [-0.39, 0.29) is 11.4 Å². The Labute approximate surface area is 341 Å². The molecule has 60 heavy (non-hydrogen) atoms. The highest BCUT2D eigenvalue weighted by molar-refractivity contribution is 6.11. The second kappa shape index (κ2) is 13.8. The van der Waals surface area contributed by atoms with Gasteiger partial charge in [-0.1, -0.05) is 132 Å². The maximum atomic E-state index is 15.1. The molecule has 0 saturated heterocycles. The smallest absolute Gasteiger partial charge is 0.309 e. The van der Waals surface area contributed by atoms with Crippen molar-refractivity contribution in [3.05, 3.63) is 192 Å². The zero-order chi connectivity index (χ0) is 41.5. The molecule has 0 unspecified atom stereocenters. The van der Waals surface area contributed by atoms with Gasteiger partial charge in [-0.3, -0.25) is 0 Å². The summed E-state index contributed by atoms with van der Waals surface area (Å²) < 4.78 is 94.0. The van der Waals surface area contributed by atoms with Gasteiger partial charge in [0.05, 0.1) is 44.6 Å². The van der Waals surface area contributed by atoms with Gasteiger partial charge in [0.15, 0.2) is 0 Å². The highest BCUT2D eigenvalue weighted by Gasteiger charge is 2.37. The number of nitrogens with zero attached hydrogens (tertiary/aromatic N) is 2. The molecule has 0 aliphatic rings. The second-order valence-electron chi connectivity index (χ2n) is 15.4. The molecule has 0 aliphatic carbocycles. The standard InChI is InChI=1S/C52H34F6N2/c1-31-9-7-11-33(25-31)35-17-21-41-39-13-3-5-15-45(39)59(47(41)27-35)49-29-37(19-23-43(49)51(53,54)55)38-20-24-44(52(56,57)58)50(30-38)60-46-16-6-4-14-40(46)42-22-18-36(28-48(42)60)34-12-8-10-32(2)26-34/h3-30H,1-2H3. The van der Waals surface area contributed by atoms with E-state index in [1.807, 2.05) is 123 Å². The molecule has 2 nitrogen and oxygen atoms in total. The van der Waals surface area contributed by atoms with Gasteiger partial charge in [-0.2, -0.15) is 26.3 Å². The van der Waals surface area contributed by atoms with Crippen molar-refractivity contribution >= 4 is 43.6 Å². The summed E-state index contributed by atoms with van der Waals surface area (Å²) in [6.07, 6.45) is -9.49. The third-order valence-electron chi connectivity index (χ3n) is 11.5. The SMILES string of the molecule is Cc1cccc(-c2ccc3c4ccccc4n(-c4cc(-c5ccc(C(F)(F)F)c(-n6c7ccccc7c7ccc(-c8cccc(C)c8)cc76)c5)ccc4C(F)(F)F)c3c2)c1. The maximum absolute atomic E-state index is 15.1. The molecule has 10 rings (SSSR count). The Morgan fingerprint density at radius 1 is 0.317 bits per heavy atom. The third-order valence-corrected chi connectivity index (χ3v) is 11.5. The number of rotatable bonds is 5. The molecule has 0 fully saturated rings. The molecular weight excluding hydrogens is 767 g/mol. The number of alkyl halides is 6. The largest absolute Gasteiger partial charge is 0.418 e. The van der Waals surface area contributed by atoms with Crippen molar-refractivity contribution in [1.29, 1.82) is 0 Å². The van der Waals surface area contributed by atoms with Crippen LogP contribution >= 0.6 is 0 Å². The molecular formula is C52H34F6N2. The summed E-state index contributed by atoms with van der Waals surface area (Å²) >= 11 is 0. The van der Waals surface area contributed by atoms with E-state index in [2.05, 4.69) is 0 Å². The van der Waals surface area contributed by atoms with Crippen molar-refractivity contribution in [2.45, 2.75) is 26.2 Å². The van der Waals surface area contributed by atoms with Crippen LogP contribution in [0, 0.1) is 13.8 Å². The van der Waals surface area contributed by atoms with Crippen LogP contribution in [0.4, 0.5) is 26.3 Å². The Kier molecular flexibility index (Phi) is 8.54. The molecule has 10 aromatic rings. The number of hydrogen-bond donors (Lipinski definition) is 0. The number of halogens is 6. The molecule has 8 aromatic carbocycles. The molecule has 0 radical (unpaired) electrons. The molecule has 0 N–H and O–H groups in total. The molecule has 2 heterocycles. The summed E-state index contributed by atoms with van der Waals surface area (Å²) in [5.74, 6) is 0. The summed E-state index contributed by atoms with van der Waals surface area (Å²) in [6.45, 7) is 3.97. The van der Waals surface area contributed by atoms with Crippen LogP contribution in [0.25, 0.3) is 88.4 Å². The van der Waals surface area contributed by atoms with Crippen LogP contribution in [0.15, 0.2) is 170 Å². The van der Waals surface area contributed by atoms with E-state index in [0.29, 0.717) is 33.2 Å². The molecule has 8 heteroatoms. The van der Waals surface area contributed by atoms with E-state index in [0.717, 1.165) is 67.1 Å². The predicted octanol–water partition coefficient (Wildman–Crippen LogP) is 15.5. The minimum Gasteiger partial charge on any atom is -0.309 e. The van der Waals surface area contributed by atoms with E-state index >= 15 is 26.3 Å². The summed E-state index contributed by atoms with van der Waals surface area (Å²) in [7, 11) is 0. The number of aryl methyl sites for hydroxylation is 2. The van der Waals surface area contributed by atoms with E-state index in [1.165, 1.54) is 24.3 Å². The minimum atomic E-state index is -4.75. The Bertz CT molecular complexity index is 3100. The Hall–Kier alpha value is -7.06. The van der Waals surface area contributed by atoms with Crippen molar-refractivity contribution in [2.24, 2.45) is 0 Å². The first kappa shape index (κ1) is 37.2. The summed E-state index contributed by atoms with van der Waals surface area (Å²) in [5, 5.41) is 3.09. The van der Waals surface area contributed by atoms with E-state index < -0.39 is 23.5 Å². The maximum Gasteiger partial charge on any atom is 0.418 e. The average molecular weight is 801 g/mol. The fourth-order valence-corrected chi connectivity index (χ4v) is 8.74. The van der Waals surface area contributed by atoms with Crippen molar-refractivity contribution < 1.29 is 26.3 Å². The lowest BCUT2D eigenvalue weighted by molar-refractivity contribution is -0.138. The zero-order valence-corrected chi connectivity index (χ0v) is 32.3. The topological polar surface area (TPSA) is 9.86 Å². The number of fused-ring (bicyclic) bond motifs is 6. The zero-order valence-electron chi connectivity index (χ0n) is 32.3. The molecule has 294 valence electrons. The highest BCUT2D eigenvalue weighted by atomic mass is 19.4. The summed E-state index contributed by atoms with van der Waals surface area (Å²) in [4.78, 5) is 0. The van der Waals surface area contributed by atoms with Gasteiger partial charge >= 0.3 is 12.4 Å². The van der Waals surface area contributed by atoms with Crippen molar-refractivity contribution in [3.8, 4) is 44.8 Å². The van der Waals surface area contributed by atoms with Gasteiger partial charge in [-0.25, -0.2) is 0 Å². The molecule has 0 aliphatic heterocycles. The van der Waals surface area contributed by atoms with Gasteiger partial charge in [0.25, 0.3) is 0 Å². The average Bonchev–Trinajstić information content (AvgIpc) is 3.74. The quantitative estimate of drug-likeness (QED) is 0.153. The fraction of sp³-hybridized carbons (Fsp3) is 0.0769. The van der Waals surface area contributed by atoms with Gasteiger partial charge in [-0.15, -0.1) is 0 Å². The van der Waals surface area contributed by atoms with Crippen molar-refractivity contribution in [3.63, 3.8) is 0 Å². The number of benzene rings is 8. The molecule has 0 saturated carbocycles. The highest BCUT2D eigenvalue weighted by Crippen LogP contribution is 2.44. The molecule has 0 bridgehead atoms. The lowest BCUT2D eigenvalue weighted by Gasteiger charge is -2.20. The van der Waals surface area contributed by atoms with Crippen LogP contribution in [0.1, 0.15) is 22.3 Å². The van der Waals surface area contributed by atoms with Gasteiger partial charge < -0.3 is 9.13 Å². The number of para-hydroxylation sites is 2. The second-order valence-corrected chi connectivity index (χ2v) is 15.4. The van der Waals surface area contributed by atoms with Gasteiger partial charge in [-0.05, 0) is 95.8 Å². The Morgan fingerprint density at radius 3 is 1.07 bits per heavy atom. The molecule has 0 spiro atoms. The van der Waals surface area contributed by atoms with E-state index in [9.17, 15) is 0 Å². The molecule has 0 atom stereocenters. The molecule has 2 aromatic heterocycles. The first-order chi connectivity index (χ1) is 28.8. The first-order valence-corrected chi connectivity index (χ1v) is 19.5. The van der Waals surface area contributed by atoms with Gasteiger partial charge in [0.1, 0.15) is 0 Å². The summed E-state index contributed by atoms with van der Waals surface area (Å²) in [6, 6.07) is 49.7. The van der Waals surface area contributed by atoms with E-state index in [1.54, 1.807) is 33.4 Å².